The highest BCUT2D eigenvalue weighted by atomic mass is 16.3. The summed E-state index contributed by atoms with van der Waals surface area (Å²) in [6.07, 6.45) is 2.62. The molecule has 2 amide bonds. The topological polar surface area (TPSA) is 92.1 Å². The normalized spacial score (nSPS) is 16.5. The molecule has 2 aromatic rings. The number of aromatic nitrogens is 3. The number of aliphatic hydroxyl groups excluding tert-OH is 1. The lowest BCUT2D eigenvalue weighted by Crippen LogP contribution is -2.40. The SMILES string of the molecule is CCc1nc2n(n1)CCCC2NC(=O)NCc1ccccc1CO. The Kier molecular flexibility index (Phi) is 5.10. The Morgan fingerprint density at radius 2 is 2.17 bits per heavy atom. The maximum Gasteiger partial charge on any atom is 0.315 e. The van der Waals surface area contributed by atoms with E-state index in [9.17, 15) is 9.90 Å². The van der Waals surface area contributed by atoms with Gasteiger partial charge in [-0.1, -0.05) is 31.2 Å². The third-order valence-electron chi connectivity index (χ3n) is 4.27. The molecule has 7 heteroatoms. The largest absolute Gasteiger partial charge is 0.392 e. The van der Waals surface area contributed by atoms with Crippen molar-refractivity contribution >= 4 is 6.03 Å². The zero-order valence-corrected chi connectivity index (χ0v) is 13.8. The minimum absolute atomic E-state index is 0.0367. The maximum atomic E-state index is 12.2. The second-order valence-corrected chi connectivity index (χ2v) is 5.91. The van der Waals surface area contributed by atoms with Crippen LogP contribution in [0.4, 0.5) is 4.79 Å². The molecule has 1 atom stereocenters. The molecule has 1 aromatic heterocycles. The van der Waals surface area contributed by atoms with Gasteiger partial charge in [0.25, 0.3) is 0 Å². The summed E-state index contributed by atoms with van der Waals surface area (Å²) in [5, 5.41) is 19.6. The van der Waals surface area contributed by atoms with Crippen molar-refractivity contribution in [3.8, 4) is 0 Å². The van der Waals surface area contributed by atoms with Gasteiger partial charge in [-0.05, 0) is 24.0 Å². The van der Waals surface area contributed by atoms with Gasteiger partial charge < -0.3 is 15.7 Å². The van der Waals surface area contributed by atoms with E-state index in [0.29, 0.717) is 6.54 Å². The van der Waals surface area contributed by atoms with Gasteiger partial charge in [0.05, 0.1) is 12.6 Å². The second-order valence-electron chi connectivity index (χ2n) is 5.91. The van der Waals surface area contributed by atoms with Gasteiger partial charge in [0, 0.05) is 19.5 Å². The molecule has 3 N–H and O–H groups in total. The van der Waals surface area contributed by atoms with Crippen LogP contribution in [0, 0.1) is 0 Å². The summed E-state index contributed by atoms with van der Waals surface area (Å²) < 4.78 is 1.90. The van der Waals surface area contributed by atoms with Crippen molar-refractivity contribution in [2.45, 2.75) is 51.9 Å². The molecule has 0 radical (unpaired) electrons. The molecule has 1 aliphatic heterocycles. The summed E-state index contributed by atoms with van der Waals surface area (Å²) in [7, 11) is 0. The molecular weight excluding hydrogens is 306 g/mol. The first-order chi connectivity index (χ1) is 11.7. The van der Waals surface area contributed by atoms with Crippen molar-refractivity contribution in [1.82, 2.24) is 25.4 Å². The molecule has 0 aliphatic carbocycles. The molecule has 2 heterocycles. The summed E-state index contributed by atoms with van der Waals surface area (Å²) in [6, 6.07) is 7.17. The molecule has 128 valence electrons. The van der Waals surface area contributed by atoms with Crippen LogP contribution in [0.1, 0.15) is 48.6 Å². The number of aryl methyl sites for hydroxylation is 2. The van der Waals surface area contributed by atoms with Crippen LogP contribution in [0.5, 0.6) is 0 Å². The fourth-order valence-electron chi connectivity index (χ4n) is 2.95. The molecule has 0 spiro atoms. The van der Waals surface area contributed by atoms with Crippen molar-refractivity contribution in [3.05, 3.63) is 47.0 Å². The zero-order valence-electron chi connectivity index (χ0n) is 13.8. The zero-order chi connectivity index (χ0) is 16.9. The fraction of sp³-hybridized carbons (Fsp3) is 0.471. The van der Waals surface area contributed by atoms with E-state index >= 15 is 0 Å². The molecule has 0 saturated carbocycles. The monoisotopic (exact) mass is 329 g/mol. The number of carbonyl (C=O) groups is 1. The summed E-state index contributed by atoms with van der Waals surface area (Å²) in [5.41, 5.74) is 1.73. The number of benzene rings is 1. The molecule has 1 aliphatic rings. The van der Waals surface area contributed by atoms with Gasteiger partial charge in [-0.2, -0.15) is 5.10 Å². The minimum Gasteiger partial charge on any atom is -0.392 e. The lowest BCUT2D eigenvalue weighted by atomic mass is 10.1. The molecule has 0 fully saturated rings. The van der Waals surface area contributed by atoms with Gasteiger partial charge in [0.2, 0.25) is 0 Å². The third kappa shape index (κ3) is 3.56. The van der Waals surface area contributed by atoms with Gasteiger partial charge in [-0.25, -0.2) is 14.5 Å². The Morgan fingerprint density at radius 3 is 2.92 bits per heavy atom. The number of rotatable bonds is 5. The van der Waals surface area contributed by atoms with Gasteiger partial charge in [-0.3, -0.25) is 0 Å². The highest BCUT2D eigenvalue weighted by molar-refractivity contribution is 5.74. The quantitative estimate of drug-likeness (QED) is 0.778. The van der Waals surface area contributed by atoms with Crippen molar-refractivity contribution < 1.29 is 9.90 Å². The average Bonchev–Trinajstić information content (AvgIpc) is 3.04. The number of nitrogens with one attached hydrogen (secondary N) is 2. The minimum atomic E-state index is -0.234. The summed E-state index contributed by atoms with van der Waals surface area (Å²) in [6.45, 7) is 3.22. The summed E-state index contributed by atoms with van der Waals surface area (Å²) in [5.74, 6) is 1.65. The van der Waals surface area contributed by atoms with Gasteiger partial charge in [0.15, 0.2) is 5.82 Å². The van der Waals surface area contributed by atoms with Crippen LogP contribution in [0.15, 0.2) is 24.3 Å². The highest BCUT2D eigenvalue weighted by Crippen LogP contribution is 2.23. The lowest BCUT2D eigenvalue weighted by Gasteiger charge is -2.23. The Morgan fingerprint density at radius 1 is 1.38 bits per heavy atom. The van der Waals surface area contributed by atoms with Crippen molar-refractivity contribution in [3.63, 3.8) is 0 Å². The number of nitrogens with zero attached hydrogens (tertiary/aromatic N) is 3. The first-order valence-electron chi connectivity index (χ1n) is 8.37. The molecule has 0 saturated heterocycles. The number of carbonyl (C=O) groups excluding carboxylic acids is 1. The Balaban J connectivity index is 1.61. The van der Waals surface area contributed by atoms with E-state index in [4.69, 9.17) is 0 Å². The number of hydrogen-bond donors (Lipinski definition) is 3. The van der Waals surface area contributed by atoms with Crippen molar-refractivity contribution in [2.24, 2.45) is 0 Å². The molecule has 1 aromatic carbocycles. The smallest absolute Gasteiger partial charge is 0.315 e. The van der Waals surface area contributed by atoms with Crippen molar-refractivity contribution in [1.29, 1.82) is 0 Å². The van der Waals surface area contributed by atoms with Crippen LogP contribution in [-0.4, -0.2) is 25.9 Å². The maximum absolute atomic E-state index is 12.2. The van der Waals surface area contributed by atoms with Crippen LogP contribution < -0.4 is 10.6 Å². The summed E-state index contributed by atoms with van der Waals surface area (Å²) >= 11 is 0. The molecule has 0 bridgehead atoms. The Labute approximate surface area is 141 Å². The Bertz CT molecular complexity index is 713. The predicted octanol–water partition coefficient (Wildman–Crippen LogP) is 1.67. The van der Waals surface area contributed by atoms with Gasteiger partial charge in [0.1, 0.15) is 5.82 Å². The van der Waals surface area contributed by atoms with Crippen molar-refractivity contribution in [2.75, 3.05) is 0 Å². The van der Waals surface area contributed by atoms with E-state index < -0.39 is 0 Å². The Hall–Kier alpha value is -2.41. The van der Waals surface area contributed by atoms with E-state index in [1.807, 2.05) is 35.9 Å². The predicted molar refractivity (Wildman–Crippen MR) is 89.1 cm³/mol. The van der Waals surface area contributed by atoms with Gasteiger partial charge in [-0.15, -0.1) is 0 Å². The second kappa shape index (κ2) is 7.44. The van der Waals surface area contributed by atoms with Crippen LogP contribution in [0.3, 0.4) is 0 Å². The number of hydrogen-bond acceptors (Lipinski definition) is 4. The average molecular weight is 329 g/mol. The van der Waals surface area contributed by atoms with E-state index in [2.05, 4.69) is 20.7 Å². The molecule has 24 heavy (non-hydrogen) atoms. The highest BCUT2D eigenvalue weighted by Gasteiger charge is 2.25. The fourth-order valence-corrected chi connectivity index (χ4v) is 2.95. The van der Waals surface area contributed by atoms with E-state index in [0.717, 1.165) is 48.6 Å². The standard InChI is InChI=1S/C17H23N5O2/c1-2-15-20-16-14(8-5-9-22(16)21-15)19-17(24)18-10-12-6-3-4-7-13(12)11-23/h3-4,6-7,14,23H,2,5,8-11H2,1H3,(H2,18,19,24). The first-order valence-corrected chi connectivity index (χ1v) is 8.37. The number of amides is 2. The lowest BCUT2D eigenvalue weighted by molar-refractivity contribution is 0.232. The molecule has 7 nitrogen and oxygen atoms in total. The first kappa shape index (κ1) is 16.4. The molecular formula is C17H23N5O2. The van der Waals surface area contributed by atoms with Crippen LogP contribution in [0.25, 0.3) is 0 Å². The van der Waals surface area contributed by atoms with E-state index in [1.165, 1.54) is 0 Å². The summed E-state index contributed by atoms with van der Waals surface area (Å²) in [4.78, 5) is 16.8. The van der Waals surface area contributed by atoms with Gasteiger partial charge >= 0.3 is 6.03 Å². The number of fused-ring (bicyclic) bond motifs is 1. The molecule has 1 unspecified atom stereocenters. The number of urea groups is 1. The third-order valence-corrected chi connectivity index (χ3v) is 4.27. The van der Waals surface area contributed by atoms with Crippen LogP contribution in [-0.2, 0) is 26.1 Å². The van der Waals surface area contributed by atoms with E-state index in [1.54, 1.807) is 0 Å². The van der Waals surface area contributed by atoms with E-state index in [-0.39, 0.29) is 18.7 Å². The molecule has 3 rings (SSSR count). The van der Waals surface area contributed by atoms with Crippen LogP contribution in [0.2, 0.25) is 0 Å². The van der Waals surface area contributed by atoms with Crippen LogP contribution >= 0.6 is 0 Å². The number of aliphatic hydroxyl groups is 1.